The first-order valence-electron chi connectivity index (χ1n) is 11.6. The van der Waals surface area contributed by atoms with Crippen molar-refractivity contribution in [2.24, 2.45) is 0 Å². The Kier molecular flexibility index (Phi) is 5.44. The van der Waals surface area contributed by atoms with Gasteiger partial charge in [-0.25, -0.2) is 19.2 Å². The molecule has 1 N–H and O–H groups in total. The number of ether oxygens (including phenoxy) is 1. The normalized spacial score (nSPS) is 13.6. The summed E-state index contributed by atoms with van der Waals surface area (Å²) in [7, 11) is 0. The first-order valence-corrected chi connectivity index (χ1v) is 11.6. The molecule has 0 aliphatic carbocycles. The number of furan rings is 1. The number of hydrogen-bond acceptors (Lipinski definition) is 6. The summed E-state index contributed by atoms with van der Waals surface area (Å²) in [5, 5.41) is 9.95. The summed E-state index contributed by atoms with van der Waals surface area (Å²) < 4.78 is 62.2. The fourth-order valence-electron chi connectivity index (χ4n) is 4.65. The fraction of sp³-hybridized carbons (Fsp3) is 0.148. The molecule has 0 amide bonds. The van der Waals surface area contributed by atoms with E-state index in [9.17, 15) is 27.5 Å². The molecule has 0 atom stereocenters. The van der Waals surface area contributed by atoms with Crippen molar-refractivity contribution in [3.63, 3.8) is 0 Å². The van der Waals surface area contributed by atoms with Crippen LogP contribution in [-0.4, -0.2) is 34.0 Å². The summed E-state index contributed by atoms with van der Waals surface area (Å²) in [6.45, 7) is 0.465. The van der Waals surface area contributed by atoms with Gasteiger partial charge in [0, 0.05) is 17.6 Å². The minimum absolute atomic E-state index is 0.0256. The number of fused-ring (bicyclic) bond motifs is 3. The largest absolute Gasteiger partial charge is 0.573 e. The zero-order valence-corrected chi connectivity index (χ0v) is 19.4. The standard InChI is InChI=1S/C27H17F4N3O4/c28-17-4-8-22-16(10-17)13-23(37-22)24-25(33-20-12-15(26(35)36)3-6-19(20)32-24)34-9-1-2-14-11-18(5-7-21(14)34)38-27(29,30)31/h3-8,10-13H,1-2,9H2,(H,35,36). The molecule has 0 saturated heterocycles. The number of carbonyl (C=O) groups is 1. The number of aryl methyl sites for hydroxylation is 1. The summed E-state index contributed by atoms with van der Waals surface area (Å²) in [6, 6.07) is 14.2. The van der Waals surface area contributed by atoms with E-state index in [1.54, 1.807) is 11.0 Å². The Morgan fingerprint density at radius 2 is 1.84 bits per heavy atom. The van der Waals surface area contributed by atoms with Gasteiger partial charge in [-0.1, -0.05) is 0 Å². The number of aromatic carboxylic acids is 1. The first-order chi connectivity index (χ1) is 18.1. The number of benzene rings is 3. The van der Waals surface area contributed by atoms with Crippen molar-refractivity contribution in [2.45, 2.75) is 19.2 Å². The number of alkyl halides is 3. The van der Waals surface area contributed by atoms with Gasteiger partial charge in [0.05, 0.1) is 16.6 Å². The maximum Gasteiger partial charge on any atom is 0.573 e. The van der Waals surface area contributed by atoms with Gasteiger partial charge in [0.25, 0.3) is 0 Å². The Balaban J connectivity index is 1.54. The molecular formula is C27H17F4N3O4. The predicted molar refractivity (Wildman–Crippen MR) is 130 cm³/mol. The number of hydrogen-bond donors (Lipinski definition) is 1. The number of anilines is 2. The quantitative estimate of drug-likeness (QED) is 0.257. The molecule has 11 heteroatoms. The van der Waals surface area contributed by atoms with E-state index in [1.807, 2.05) is 0 Å². The number of nitrogens with zero attached hydrogens (tertiary/aromatic N) is 3. The third kappa shape index (κ3) is 4.36. The lowest BCUT2D eigenvalue weighted by Crippen LogP contribution is -2.26. The van der Waals surface area contributed by atoms with Crippen molar-refractivity contribution in [1.29, 1.82) is 0 Å². The van der Waals surface area contributed by atoms with E-state index in [4.69, 9.17) is 14.4 Å². The zero-order valence-electron chi connectivity index (χ0n) is 19.4. The SMILES string of the molecule is O=C(O)c1ccc2nc(-c3cc4cc(F)ccc4o3)c(N3CCCc4cc(OC(F)(F)F)ccc43)nc2c1. The summed E-state index contributed by atoms with van der Waals surface area (Å²) in [4.78, 5) is 22.8. The Hall–Kier alpha value is -4.67. The molecule has 0 saturated carbocycles. The van der Waals surface area contributed by atoms with Crippen LogP contribution in [0, 0.1) is 5.82 Å². The average molecular weight is 523 g/mol. The van der Waals surface area contributed by atoms with Crippen LogP contribution in [-0.2, 0) is 6.42 Å². The van der Waals surface area contributed by atoms with E-state index >= 15 is 0 Å². The monoisotopic (exact) mass is 523 g/mol. The van der Waals surface area contributed by atoms with Gasteiger partial charge in [0.2, 0.25) is 0 Å². The molecule has 1 aliphatic rings. The van der Waals surface area contributed by atoms with Gasteiger partial charge in [-0.3, -0.25) is 0 Å². The van der Waals surface area contributed by atoms with Crippen LogP contribution < -0.4 is 9.64 Å². The molecular weight excluding hydrogens is 506 g/mol. The van der Waals surface area contributed by atoms with Gasteiger partial charge in [-0.15, -0.1) is 13.2 Å². The van der Waals surface area contributed by atoms with E-state index in [2.05, 4.69) is 4.74 Å². The molecule has 5 aromatic rings. The predicted octanol–water partition coefficient (Wildman–Crippen LogP) is 6.86. The van der Waals surface area contributed by atoms with Crippen LogP contribution in [0.25, 0.3) is 33.5 Å². The van der Waals surface area contributed by atoms with Crippen molar-refractivity contribution in [3.8, 4) is 17.2 Å². The smallest absolute Gasteiger partial charge is 0.478 e. The third-order valence-corrected chi connectivity index (χ3v) is 6.26. The van der Waals surface area contributed by atoms with Gasteiger partial charge in [0.1, 0.15) is 22.8 Å². The van der Waals surface area contributed by atoms with Crippen molar-refractivity contribution >= 4 is 39.5 Å². The topological polar surface area (TPSA) is 88.7 Å². The number of carboxylic acids is 1. The maximum absolute atomic E-state index is 13.8. The van der Waals surface area contributed by atoms with E-state index in [1.165, 1.54) is 54.6 Å². The van der Waals surface area contributed by atoms with Crippen LogP contribution in [0.5, 0.6) is 5.75 Å². The molecule has 0 fully saturated rings. The number of halogens is 4. The lowest BCUT2D eigenvalue weighted by molar-refractivity contribution is -0.274. The van der Waals surface area contributed by atoms with Gasteiger partial charge in [0.15, 0.2) is 11.6 Å². The Labute approximate surface area is 211 Å². The number of rotatable bonds is 4. The van der Waals surface area contributed by atoms with Gasteiger partial charge in [-0.05, 0) is 79.1 Å². The van der Waals surface area contributed by atoms with Gasteiger partial charge < -0.3 is 19.2 Å². The van der Waals surface area contributed by atoms with Crippen LogP contribution in [0.4, 0.5) is 29.1 Å². The third-order valence-electron chi connectivity index (χ3n) is 6.26. The van der Waals surface area contributed by atoms with Crippen molar-refractivity contribution in [1.82, 2.24) is 9.97 Å². The highest BCUT2D eigenvalue weighted by atomic mass is 19.4. The Morgan fingerprint density at radius 1 is 1.00 bits per heavy atom. The first kappa shape index (κ1) is 23.7. The fourth-order valence-corrected chi connectivity index (χ4v) is 4.65. The molecule has 3 heterocycles. The van der Waals surface area contributed by atoms with Crippen LogP contribution in [0.15, 0.2) is 65.1 Å². The average Bonchev–Trinajstić information content (AvgIpc) is 3.29. The zero-order chi connectivity index (χ0) is 26.6. The molecule has 6 rings (SSSR count). The maximum atomic E-state index is 13.8. The highest BCUT2D eigenvalue weighted by Crippen LogP contribution is 2.41. The molecule has 2 aromatic heterocycles. The minimum atomic E-state index is -4.82. The van der Waals surface area contributed by atoms with Gasteiger partial charge >= 0.3 is 12.3 Å². The molecule has 7 nitrogen and oxygen atoms in total. The van der Waals surface area contributed by atoms with Crippen molar-refractivity contribution in [3.05, 3.63) is 77.6 Å². The minimum Gasteiger partial charge on any atom is -0.478 e. The second kappa shape index (κ2) is 8.72. The lowest BCUT2D eigenvalue weighted by atomic mass is 10.0. The summed E-state index contributed by atoms with van der Waals surface area (Å²) >= 11 is 0. The van der Waals surface area contributed by atoms with E-state index in [0.717, 1.165) is 0 Å². The summed E-state index contributed by atoms with van der Waals surface area (Å²) in [5.41, 5.74) is 2.73. The van der Waals surface area contributed by atoms with Gasteiger partial charge in [-0.2, -0.15) is 0 Å². The molecule has 38 heavy (non-hydrogen) atoms. The summed E-state index contributed by atoms with van der Waals surface area (Å²) in [5.74, 6) is -1.25. The molecule has 3 aromatic carbocycles. The Morgan fingerprint density at radius 3 is 2.63 bits per heavy atom. The van der Waals surface area contributed by atoms with E-state index in [-0.39, 0.29) is 11.3 Å². The molecule has 1 aliphatic heterocycles. The highest BCUT2D eigenvalue weighted by molar-refractivity contribution is 5.94. The van der Waals surface area contributed by atoms with Crippen LogP contribution in [0.3, 0.4) is 0 Å². The summed E-state index contributed by atoms with van der Waals surface area (Å²) in [6.07, 6.45) is -3.70. The van der Waals surface area contributed by atoms with Crippen LogP contribution >= 0.6 is 0 Å². The molecule has 0 bridgehead atoms. The second-order valence-electron chi connectivity index (χ2n) is 8.79. The number of aromatic nitrogens is 2. The highest BCUT2D eigenvalue weighted by Gasteiger charge is 2.32. The van der Waals surface area contributed by atoms with Crippen LogP contribution in [0.1, 0.15) is 22.3 Å². The molecule has 192 valence electrons. The van der Waals surface area contributed by atoms with E-state index in [0.29, 0.717) is 69.9 Å². The molecule has 0 spiro atoms. The Bertz CT molecular complexity index is 1730. The molecule has 0 unspecified atom stereocenters. The van der Waals surface area contributed by atoms with E-state index < -0.39 is 18.1 Å². The molecule has 0 radical (unpaired) electrons. The lowest BCUT2D eigenvalue weighted by Gasteiger charge is -2.31. The van der Waals surface area contributed by atoms with Crippen molar-refractivity contribution < 1.29 is 36.6 Å². The van der Waals surface area contributed by atoms with Crippen LogP contribution in [0.2, 0.25) is 0 Å². The second-order valence-corrected chi connectivity index (χ2v) is 8.79. The van der Waals surface area contributed by atoms with Crippen molar-refractivity contribution in [2.75, 3.05) is 11.4 Å². The number of carboxylic acid groups (broad SMARTS) is 1.